The van der Waals surface area contributed by atoms with Crippen LogP contribution in [-0.2, 0) is 11.3 Å². The van der Waals surface area contributed by atoms with Crippen LogP contribution in [0.5, 0.6) is 5.75 Å². The van der Waals surface area contributed by atoms with Crippen molar-refractivity contribution >= 4 is 39.6 Å². The summed E-state index contributed by atoms with van der Waals surface area (Å²) in [6.45, 7) is 5.30. The van der Waals surface area contributed by atoms with Gasteiger partial charge in [0, 0.05) is 44.5 Å². The number of nitrogens with zero attached hydrogens (tertiary/aromatic N) is 9. The van der Waals surface area contributed by atoms with Crippen molar-refractivity contribution in [2.45, 2.75) is 32.7 Å². The Kier molecular flexibility index (Phi) is 6.32. The molecular formula is C27H29N9O2. The summed E-state index contributed by atoms with van der Waals surface area (Å²) in [6, 6.07) is 11.5. The van der Waals surface area contributed by atoms with Crippen LogP contribution in [0, 0.1) is 0 Å². The van der Waals surface area contributed by atoms with Crippen LogP contribution < -0.4 is 9.80 Å². The maximum Gasteiger partial charge on any atom is 0.229 e. The van der Waals surface area contributed by atoms with Gasteiger partial charge in [0.1, 0.15) is 17.4 Å². The number of fused-ring (bicyclic) bond motifs is 2. The Hall–Kier alpha value is -4.54. The molecule has 11 nitrogen and oxygen atoms in total. The summed E-state index contributed by atoms with van der Waals surface area (Å²) < 4.78 is 3.89. The smallest absolute Gasteiger partial charge is 0.229 e. The molecule has 0 spiro atoms. The number of para-hydroxylation sites is 1. The molecule has 6 rings (SSSR count). The molecule has 0 saturated carbocycles. The third kappa shape index (κ3) is 4.62. The highest BCUT2D eigenvalue weighted by molar-refractivity contribution is 5.85. The van der Waals surface area contributed by atoms with Crippen LogP contribution in [0.1, 0.15) is 26.2 Å². The fourth-order valence-corrected chi connectivity index (χ4v) is 4.87. The third-order valence-corrected chi connectivity index (χ3v) is 6.91. The summed E-state index contributed by atoms with van der Waals surface area (Å²) in [7, 11) is 0. The highest BCUT2D eigenvalue weighted by Gasteiger charge is 2.24. The topological polar surface area (TPSA) is 118 Å². The molecule has 1 aliphatic heterocycles. The lowest BCUT2D eigenvalue weighted by atomic mass is 10.2. The fraction of sp³-hybridized carbons (Fsp3) is 0.333. The highest BCUT2D eigenvalue weighted by atomic mass is 16.3. The van der Waals surface area contributed by atoms with Crippen molar-refractivity contribution in [3.8, 4) is 11.6 Å². The lowest BCUT2D eigenvalue weighted by Gasteiger charge is -2.35. The van der Waals surface area contributed by atoms with Gasteiger partial charge < -0.3 is 24.3 Å². The molecular weight excluding hydrogens is 482 g/mol. The molecule has 0 atom stereocenters. The number of carbonyl (C=O) groups excluding carboxylic acids is 1. The molecule has 11 heteroatoms. The van der Waals surface area contributed by atoms with Gasteiger partial charge in [-0.1, -0.05) is 18.2 Å². The number of Topliss-reactive ketones (excluding diaryl/α,β-unsaturated/α-hetero) is 1. The standard InChI is InChI=1S/C27H29N9O2/c1-19(37)6-4-5-11-35-18-29-24-25(35)31-27(32-26(24)36-22-8-3-2-7-20(22)16-30-36)34-14-12-33(13-15-34)23-10-9-21(38)17-28-23/h2-3,7-10,16-18,38H,4-6,11-15H2,1H3. The minimum Gasteiger partial charge on any atom is -0.506 e. The van der Waals surface area contributed by atoms with E-state index < -0.39 is 0 Å². The number of aryl methyl sites for hydroxylation is 1. The molecule has 0 aliphatic carbocycles. The first-order chi connectivity index (χ1) is 18.6. The number of rotatable bonds is 8. The van der Waals surface area contributed by atoms with Crippen molar-refractivity contribution in [2.75, 3.05) is 36.0 Å². The maximum atomic E-state index is 11.4. The second-order valence-corrected chi connectivity index (χ2v) is 9.58. The number of aromatic nitrogens is 7. The van der Waals surface area contributed by atoms with Gasteiger partial charge >= 0.3 is 0 Å². The number of anilines is 2. The Labute approximate surface area is 219 Å². The van der Waals surface area contributed by atoms with Gasteiger partial charge in [-0.3, -0.25) is 0 Å². The SMILES string of the molecule is CC(=O)CCCCn1cnc2c(-n3ncc4ccccc43)nc(N3CCN(c4ccc(O)cn4)CC3)nc21. The summed E-state index contributed by atoms with van der Waals surface area (Å²) in [5, 5.41) is 15.2. The van der Waals surface area contributed by atoms with Crippen molar-refractivity contribution in [2.24, 2.45) is 0 Å². The number of benzene rings is 1. The maximum absolute atomic E-state index is 11.4. The van der Waals surface area contributed by atoms with E-state index in [1.807, 2.05) is 45.8 Å². The largest absolute Gasteiger partial charge is 0.506 e. The molecule has 1 aromatic carbocycles. The van der Waals surface area contributed by atoms with Crippen LogP contribution in [0.3, 0.4) is 0 Å². The molecule has 1 fully saturated rings. The van der Waals surface area contributed by atoms with E-state index in [2.05, 4.69) is 19.9 Å². The number of pyridine rings is 1. The fourth-order valence-electron chi connectivity index (χ4n) is 4.87. The molecule has 5 heterocycles. The summed E-state index contributed by atoms with van der Waals surface area (Å²) in [5.74, 6) is 2.49. The van der Waals surface area contributed by atoms with E-state index in [9.17, 15) is 9.90 Å². The lowest BCUT2D eigenvalue weighted by molar-refractivity contribution is -0.117. The van der Waals surface area contributed by atoms with E-state index in [4.69, 9.17) is 15.0 Å². The van der Waals surface area contributed by atoms with Gasteiger partial charge in [0.05, 0.1) is 24.2 Å². The third-order valence-electron chi connectivity index (χ3n) is 6.91. The number of ketones is 1. The normalized spacial score (nSPS) is 14.0. The van der Waals surface area contributed by atoms with E-state index in [1.165, 1.54) is 6.20 Å². The van der Waals surface area contributed by atoms with Crippen LogP contribution in [0.2, 0.25) is 0 Å². The van der Waals surface area contributed by atoms with E-state index in [1.54, 1.807) is 19.3 Å². The van der Waals surface area contributed by atoms with Gasteiger partial charge in [-0.25, -0.2) is 14.6 Å². The van der Waals surface area contributed by atoms with Crippen LogP contribution in [0.25, 0.3) is 27.9 Å². The Balaban J connectivity index is 1.34. The van der Waals surface area contributed by atoms with Crippen molar-refractivity contribution in [3.63, 3.8) is 0 Å². The first-order valence-corrected chi connectivity index (χ1v) is 12.9. The number of hydrogen-bond acceptors (Lipinski definition) is 9. The van der Waals surface area contributed by atoms with Crippen LogP contribution >= 0.6 is 0 Å². The molecule has 38 heavy (non-hydrogen) atoms. The van der Waals surface area contributed by atoms with Gasteiger partial charge in [-0.2, -0.15) is 15.1 Å². The Morgan fingerprint density at radius 2 is 1.76 bits per heavy atom. The number of piperazine rings is 1. The minimum absolute atomic E-state index is 0.158. The van der Waals surface area contributed by atoms with Gasteiger partial charge in [-0.15, -0.1) is 0 Å². The van der Waals surface area contributed by atoms with Crippen molar-refractivity contribution in [1.82, 2.24) is 34.3 Å². The monoisotopic (exact) mass is 511 g/mol. The molecule has 0 bridgehead atoms. The average Bonchev–Trinajstić information content (AvgIpc) is 3.55. The number of imidazole rings is 1. The first-order valence-electron chi connectivity index (χ1n) is 12.9. The van der Waals surface area contributed by atoms with Crippen molar-refractivity contribution < 1.29 is 9.90 Å². The molecule has 5 aromatic rings. The predicted molar refractivity (Wildman–Crippen MR) is 145 cm³/mol. The number of unbranched alkanes of at least 4 members (excludes halogenated alkanes) is 1. The molecule has 0 amide bonds. The number of aromatic hydroxyl groups is 1. The number of hydrogen-bond donors (Lipinski definition) is 1. The highest BCUT2D eigenvalue weighted by Crippen LogP contribution is 2.26. The van der Waals surface area contributed by atoms with Crippen molar-refractivity contribution in [1.29, 1.82) is 0 Å². The quantitative estimate of drug-likeness (QED) is 0.313. The van der Waals surface area contributed by atoms with E-state index in [0.29, 0.717) is 23.7 Å². The zero-order valence-corrected chi connectivity index (χ0v) is 21.2. The molecule has 0 unspecified atom stereocenters. The van der Waals surface area contributed by atoms with Crippen LogP contribution in [0.4, 0.5) is 11.8 Å². The molecule has 1 saturated heterocycles. The summed E-state index contributed by atoms with van der Waals surface area (Å²) >= 11 is 0. The Bertz CT molecular complexity index is 1580. The Morgan fingerprint density at radius 3 is 2.55 bits per heavy atom. The Morgan fingerprint density at radius 1 is 0.947 bits per heavy atom. The average molecular weight is 512 g/mol. The van der Waals surface area contributed by atoms with E-state index >= 15 is 0 Å². The second kappa shape index (κ2) is 10.1. The molecule has 1 N–H and O–H groups in total. The summed E-state index contributed by atoms with van der Waals surface area (Å²) in [4.78, 5) is 34.8. The van der Waals surface area contributed by atoms with Gasteiger partial charge in [0.25, 0.3) is 0 Å². The molecule has 194 valence electrons. The van der Waals surface area contributed by atoms with Crippen LogP contribution in [0.15, 0.2) is 55.1 Å². The molecule has 4 aromatic heterocycles. The molecule has 0 radical (unpaired) electrons. The van der Waals surface area contributed by atoms with E-state index in [0.717, 1.165) is 67.9 Å². The summed E-state index contributed by atoms with van der Waals surface area (Å²) in [5.41, 5.74) is 2.41. The lowest BCUT2D eigenvalue weighted by Crippen LogP contribution is -2.47. The first kappa shape index (κ1) is 23.8. The van der Waals surface area contributed by atoms with E-state index in [-0.39, 0.29) is 11.5 Å². The van der Waals surface area contributed by atoms with Gasteiger partial charge in [-0.05, 0) is 38.0 Å². The van der Waals surface area contributed by atoms with Crippen LogP contribution in [-0.4, -0.2) is 71.4 Å². The molecule has 1 aliphatic rings. The summed E-state index contributed by atoms with van der Waals surface area (Å²) in [6.07, 6.45) is 7.39. The second-order valence-electron chi connectivity index (χ2n) is 9.58. The van der Waals surface area contributed by atoms with Gasteiger partial charge in [0.15, 0.2) is 17.0 Å². The zero-order valence-electron chi connectivity index (χ0n) is 21.2. The predicted octanol–water partition coefficient (Wildman–Crippen LogP) is 3.35. The minimum atomic E-state index is 0.158. The van der Waals surface area contributed by atoms with Gasteiger partial charge in [0.2, 0.25) is 5.95 Å². The zero-order chi connectivity index (χ0) is 26.1. The number of carbonyl (C=O) groups is 1. The van der Waals surface area contributed by atoms with Crippen molar-refractivity contribution in [3.05, 3.63) is 55.1 Å².